The molecule has 0 unspecified atom stereocenters. The lowest BCUT2D eigenvalue weighted by Gasteiger charge is -2.30. The minimum atomic E-state index is -3.49. The Balaban J connectivity index is 1.45. The van der Waals surface area contributed by atoms with E-state index in [1.165, 1.54) is 19.2 Å². The van der Waals surface area contributed by atoms with Gasteiger partial charge in [0.05, 0.1) is 19.1 Å². The first-order valence-electron chi connectivity index (χ1n) is 10.1. The molecule has 0 atom stereocenters. The van der Waals surface area contributed by atoms with Crippen LogP contribution in [0.15, 0.2) is 52.3 Å². The Morgan fingerprint density at radius 2 is 1.70 bits per heavy atom. The molecule has 2 heterocycles. The van der Waals surface area contributed by atoms with E-state index in [2.05, 4.69) is 4.90 Å². The molecule has 0 aromatic heterocycles. The molecule has 2 aliphatic rings. The fourth-order valence-corrected chi connectivity index (χ4v) is 5.99. The highest BCUT2D eigenvalue weighted by molar-refractivity contribution is 7.95. The summed E-state index contributed by atoms with van der Waals surface area (Å²) >= 11 is 0. The lowest BCUT2D eigenvalue weighted by molar-refractivity contribution is 0.195. The summed E-state index contributed by atoms with van der Waals surface area (Å²) < 4.78 is 49.8. The van der Waals surface area contributed by atoms with Gasteiger partial charge in [-0.15, -0.1) is 0 Å². The van der Waals surface area contributed by atoms with E-state index in [0.717, 1.165) is 43.6 Å². The summed E-state index contributed by atoms with van der Waals surface area (Å²) in [5, 5.41) is 0. The molecule has 1 fully saturated rings. The SMILES string of the molecule is COc1cc2c(cc1OC)S(=O)(=O)/C(=C/C1CCN(Cc3ccc(F)cc3)CC1)C2. The standard InChI is InChI=1S/C23H26FNO4S/c1-28-21-13-18-12-20(30(26,27)23(18)14-22(21)29-2)11-16-7-9-25(10-8-16)15-17-3-5-19(24)6-4-17/h3-6,11,13-14,16H,7-10,12,15H2,1-2H3/b20-11+. The fourth-order valence-electron chi connectivity index (χ4n) is 4.25. The molecule has 1 saturated heterocycles. The maximum Gasteiger partial charge on any atom is 0.203 e. The Kier molecular flexibility index (Phi) is 5.84. The van der Waals surface area contributed by atoms with Gasteiger partial charge in [0.1, 0.15) is 5.82 Å². The first-order chi connectivity index (χ1) is 14.4. The number of ether oxygens (including phenoxy) is 2. The second-order valence-corrected chi connectivity index (χ2v) is 9.84. The summed E-state index contributed by atoms with van der Waals surface area (Å²) in [5.41, 5.74) is 1.84. The van der Waals surface area contributed by atoms with Crippen LogP contribution in [0.2, 0.25) is 0 Å². The van der Waals surface area contributed by atoms with Crippen molar-refractivity contribution in [1.29, 1.82) is 0 Å². The third kappa shape index (κ3) is 4.09. The normalized spacial score (nSPS) is 20.3. The molecule has 0 radical (unpaired) electrons. The van der Waals surface area contributed by atoms with E-state index in [-0.39, 0.29) is 11.7 Å². The van der Waals surface area contributed by atoms with Crippen LogP contribution < -0.4 is 9.47 Å². The fraction of sp³-hybridized carbons (Fsp3) is 0.391. The summed E-state index contributed by atoms with van der Waals surface area (Å²) in [6.45, 7) is 2.56. The zero-order valence-corrected chi connectivity index (χ0v) is 18.0. The van der Waals surface area contributed by atoms with Gasteiger partial charge in [-0.1, -0.05) is 18.2 Å². The number of hydrogen-bond acceptors (Lipinski definition) is 5. The van der Waals surface area contributed by atoms with Crippen molar-refractivity contribution in [3.05, 3.63) is 64.3 Å². The van der Waals surface area contributed by atoms with Gasteiger partial charge in [-0.2, -0.15) is 0 Å². The molecule has 0 amide bonds. The third-order valence-electron chi connectivity index (χ3n) is 5.94. The molecule has 160 valence electrons. The number of allylic oxidation sites excluding steroid dienone is 2. The van der Waals surface area contributed by atoms with E-state index in [1.807, 2.05) is 18.2 Å². The van der Waals surface area contributed by atoms with Gasteiger partial charge in [0.15, 0.2) is 11.5 Å². The average molecular weight is 432 g/mol. The molecule has 30 heavy (non-hydrogen) atoms. The van der Waals surface area contributed by atoms with Crippen LogP contribution in [0.25, 0.3) is 0 Å². The molecular weight excluding hydrogens is 405 g/mol. The lowest BCUT2D eigenvalue weighted by atomic mass is 9.95. The highest BCUT2D eigenvalue weighted by Gasteiger charge is 2.34. The number of sulfone groups is 1. The number of hydrogen-bond donors (Lipinski definition) is 0. The van der Waals surface area contributed by atoms with E-state index in [0.29, 0.717) is 27.7 Å². The number of likely N-dealkylation sites (tertiary alicyclic amines) is 1. The van der Waals surface area contributed by atoms with E-state index >= 15 is 0 Å². The van der Waals surface area contributed by atoms with Crippen molar-refractivity contribution in [2.24, 2.45) is 5.92 Å². The molecule has 2 aromatic rings. The minimum Gasteiger partial charge on any atom is -0.493 e. The van der Waals surface area contributed by atoms with Crippen molar-refractivity contribution in [2.75, 3.05) is 27.3 Å². The van der Waals surface area contributed by atoms with E-state index in [1.54, 1.807) is 19.2 Å². The second kappa shape index (κ2) is 8.40. The largest absolute Gasteiger partial charge is 0.493 e. The quantitative estimate of drug-likeness (QED) is 0.717. The van der Waals surface area contributed by atoms with Crippen molar-refractivity contribution >= 4 is 9.84 Å². The molecular formula is C23H26FNO4S. The molecule has 7 heteroatoms. The highest BCUT2D eigenvalue weighted by Crippen LogP contribution is 2.41. The van der Waals surface area contributed by atoms with Gasteiger partial charge in [0.25, 0.3) is 0 Å². The van der Waals surface area contributed by atoms with Crippen LogP contribution in [0.4, 0.5) is 4.39 Å². The minimum absolute atomic E-state index is 0.224. The zero-order valence-electron chi connectivity index (χ0n) is 17.2. The Morgan fingerprint density at radius 1 is 1.07 bits per heavy atom. The monoisotopic (exact) mass is 431 g/mol. The second-order valence-electron chi connectivity index (χ2n) is 7.87. The van der Waals surface area contributed by atoms with Crippen LogP contribution in [0, 0.1) is 11.7 Å². The van der Waals surface area contributed by atoms with Crippen molar-refractivity contribution in [2.45, 2.75) is 30.7 Å². The Hall–Kier alpha value is -2.38. The summed E-state index contributed by atoms with van der Waals surface area (Å²) in [6.07, 6.45) is 4.16. The van der Waals surface area contributed by atoms with Crippen LogP contribution in [0.5, 0.6) is 11.5 Å². The molecule has 0 aliphatic carbocycles. The predicted molar refractivity (Wildman–Crippen MR) is 113 cm³/mol. The predicted octanol–water partition coefficient (Wildman–Crippen LogP) is 3.97. The Bertz CT molecular complexity index is 1060. The van der Waals surface area contributed by atoms with E-state index in [9.17, 15) is 12.8 Å². The summed E-state index contributed by atoms with van der Waals surface area (Å²) in [6, 6.07) is 9.92. The number of methoxy groups -OCH3 is 2. The van der Waals surface area contributed by atoms with Gasteiger partial charge in [0.2, 0.25) is 9.84 Å². The van der Waals surface area contributed by atoms with Crippen molar-refractivity contribution in [3.63, 3.8) is 0 Å². The number of halogens is 1. The molecule has 0 spiro atoms. The molecule has 0 bridgehead atoms. The third-order valence-corrected chi connectivity index (χ3v) is 7.87. The Labute approximate surface area is 177 Å². The van der Waals surface area contributed by atoms with Crippen molar-refractivity contribution < 1.29 is 22.3 Å². The van der Waals surface area contributed by atoms with Crippen LogP contribution in [0.3, 0.4) is 0 Å². The molecule has 2 aliphatic heterocycles. The molecule has 0 N–H and O–H groups in total. The highest BCUT2D eigenvalue weighted by atomic mass is 32.2. The van der Waals surface area contributed by atoms with E-state index in [4.69, 9.17) is 9.47 Å². The maximum atomic E-state index is 13.1. The zero-order chi connectivity index (χ0) is 21.3. The van der Waals surface area contributed by atoms with Gasteiger partial charge < -0.3 is 9.47 Å². The first-order valence-corrected chi connectivity index (χ1v) is 11.6. The van der Waals surface area contributed by atoms with Crippen LogP contribution >= 0.6 is 0 Å². The van der Waals surface area contributed by atoms with Gasteiger partial charge in [0, 0.05) is 23.9 Å². The van der Waals surface area contributed by atoms with Crippen LogP contribution in [-0.2, 0) is 22.8 Å². The van der Waals surface area contributed by atoms with Gasteiger partial charge in [-0.3, -0.25) is 4.90 Å². The Morgan fingerprint density at radius 3 is 2.33 bits per heavy atom. The lowest BCUT2D eigenvalue weighted by Crippen LogP contribution is -2.32. The first kappa shape index (κ1) is 20.9. The van der Waals surface area contributed by atoms with Gasteiger partial charge in [-0.25, -0.2) is 12.8 Å². The number of nitrogens with zero attached hydrogens (tertiary/aromatic N) is 1. The average Bonchev–Trinajstić information content (AvgIpc) is 2.99. The molecule has 2 aromatic carbocycles. The van der Waals surface area contributed by atoms with Crippen LogP contribution in [-0.4, -0.2) is 40.6 Å². The number of piperidine rings is 1. The van der Waals surface area contributed by atoms with Crippen LogP contribution in [0.1, 0.15) is 24.0 Å². The summed E-state index contributed by atoms with van der Waals surface area (Å²) in [7, 11) is -0.445. The smallest absolute Gasteiger partial charge is 0.203 e. The number of benzene rings is 2. The number of rotatable bonds is 5. The summed E-state index contributed by atoms with van der Waals surface area (Å²) in [5.74, 6) is 0.979. The van der Waals surface area contributed by atoms with E-state index < -0.39 is 9.84 Å². The van der Waals surface area contributed by atoms with Gasteiger partial charge >= 0.3 is 0 Å². The molecule has 4 rings (SSSR count). The van der Waals surface area contributed by atoms with Crippen molar-refractivity contribution in [3.8, 4) is 11.5 Å². The summed E-state index contributed by atoms with van der Waals surface area (Å²) in [4.78, 5) is 3.13. The topological polar surface area (TPSA) is 55.8 Å². The molecule has 5 nitrogen and oxygen atoms in total. The molecule has 0 saturated carbocycles. The number of fused-ring (bicyclic) bond motifs is 1. The van der Waals surface area contributed by atoms with Gasteiger partial charge in [-0.05, 0) is 61.2 Å². The van der Waals surface area contributed by atoms with Crippen molar-refractivity contribution in [1.82, 2.24) is 4.90 Å². The maximum absolute atomic E-state index is 13.1.